The Morgan fingerprint density at radius 3 is 2.79 bits per heavy atom. The lowest BCUT2D eigenvalue weighted by molar-refractivity contribution is -0.130. The fraction of sp³-hybridized carbons (Fsp3) is 0.643. The molecule has 0 aromatic heterocycles. The molecular formula is C14H17NO3S. The van der Waals surface area contributed by atoms with E-state index in [1.54, 1.807) is 6.92 Å². The maximum Gasteiger partial charge on any atom is 0.241 e. The first-order valence-corrected chi connectivity index (χ1v) is 8.14. The largest absolute Gasteiger partial charge is 0.273 e. The quantitative estimate of drug-likeness (QED) is 0.560. The fourth-order valence-corrected chi connectivity index (χ4v) is 6.21. The molecule has 5 heteroatoms. The molecule has 1 amide bonds. The van der Waals surface area contributed by atoms with E-state index in [9.17, 15) is 13.2 Å². The summed E-state index contributed by atoms with van der Waals surface area (Å²) in [5, 5.41) is -0.385. The van der Waals surface area contributed by atoms with Crippen molar-refractivity contribution in [2.75, 3.05) is 6.54 Å². The SMILES string of the molecule is C#CC[C@@H](C)C(=O)N1C[C@H]2[C@H]([C@H]3C=C[C@@H]2C3)S1(=O)=O. The molecule has 2 fully saturated rings. The van der Waals surface area contributed by atoms with Gasteiger partial charge in [-0.1, -0.05) is 19.1 Å². The van der Waals surface area contributed by atoms with E-state index in [0.717, 1.165) is 10.7 Å². The summed E-state index contributed by atoms with van der Waals surface area (Å²) in [5.41, 5.74) is 0. The molecule has 4 nitrogen and oxygen atoms in total. The van der Waals surface area contributed by atoms with E-state index < -0.39 is 15.9 Å². The molecule has 0 spiro atoms. The highest BCUT2D eigenvalue weighted by atomic mass is 32.2. The Kier molecular flexibility index (Phi) is 2.75. The van der Waals surface area contributed by atoms with Crippen molar-refractivity contribution in [2.45, 2.75) is 25.0 Å². The van der Waals surface area contributed by atoms with Crippen LogP contribution in [0.15, 0.2) is 12.2 Å². The highest BCUT2D eigenvalue weighted by Crippen LogP contribution is 2.51. The van der Waals surface area contributed by atoms with E-state index in [2.05, 4.69) is 12.0 Å². The van der Waals surface area contributed by atoms with Gasteiger partial charge in [0.25, 0.3) is 0 Å². The average molecular weight is 279 g/mol. The lowest BCUT2D eigenvalue weighted by Gasteiger charge is -2.21. The maximum absolute atomic E-state index is 12.5. The summed E-state index contributed by atoms with van der Waals surface area (Å²) in [4.78, 5) is 12.2. The molecule has 2 aliphatic carbocycles. The second kappa shape index (κ2) is 4.11. The van der Waals surface area contributed by atoms with Crippen LogP contribution >= 0.6 is 0 Å². The standard InChI is InChI=1S/C14H17NO3S/c1-3-4-9(2)14(16)15-8-12-10-5-6-11(7-10)13(12)19(15,17)18/h1,5-6,9-13H,4,7-8H2,2H3/t9-,10-,11+,12-,13+/m1/s1. The zero-order valence-electron chi connectivity index (χ0n) is 10.8. The summed E-state index contributed by atoms with van der Waals surface area (Å²) in [6.07, 6.45) is 10.5. The average Bonchev–Trinajstić information content (AvgIpc) is 3.00. The van der Waals surface area contributed by atoms with Gasteiger partial charge in [0, 0.05) is 24.8 Å². The van der Waals surface area contributed by atoms with E-state index in [4.69, 9.17) is 6.42 Å². The summed E-state index contributed by atoms with van der Waals surface area (Å²) < 4.78 is 26.2. The Balaban J connectivity index is 1.88. The molecule has 1 aliphatic heterocycles. The van der Waals surface area contributed by atoms with Gasteiger partial charge in [-0.15, -0.1) is 12.3 Å². The van der Waals surface area contributed by atoms with Crippen LogP contribution in [0, 0.1) is 36.0 Å². The first kappa shape index (κ1) is 12.7. The van der Waals surface area contributed by atoms with Crippen molar-refractivity contribution >= 4 is 15.9 Å². The topological polar surface area (TPSA) is 54.5 Å². The van der Waals surface area contributed by atoms with Crippen LogP contribution in [0.4, 0.5) is 0 Å². The van der Waals surface area contributed by atoms with E-state index in [-0.39, 0.29) is 29.4 Å². The van der Waals surface area contributed by atoms with Crippen LogP contribution in [0.5, 0.6) is 0 Å². The summed E-state index contributed by atoms with van der Waals surface area (Å²) in [7, 11) is -3.49. The molecule has 0 N–H and O–H groups in total. The van der Waals surface area contributed by atoms with Crippen LogP contribution < -0.4 is 0 Å². The molecule has 5 atom stereocenters. The molecule has 1 saturated carbocycles. The number of carbonyl (C=O) groups is 1. The fourth-order valence-electron chi connectivity index (χ4n) is 3.73. The number of fused-ring (bicyclic) bond motifs is 5. The minimum absolute atomic E-state index is 0.0852. The number of allylic oxidation sites excluding steroid dienone is 2. The molecule has 1 saturated heterocycles. The van der Waals surface area contributed by atoms with Gasteiger partial charge in [0.05, 0.1) is 5.25 Å². The van der Waals surface area contributed by atoms with Crippen molar-refractivity contribution in [2.24, 2.45) is 23.7 Å². The zero-order valence-corrected chi connectivity index (χ0v) is 11.6. The molecule has 3 rings (SSSR count). The second-order valence-electron chi connectivity index (χ2n) is 5.80. The van der Waals surface area contributed by atoms with E-state index in [1.807, 2.05) is 6.08 Å². The molecular weight excluding hydrogens is 262 g/mol. The summed E-state index contributed by atoms with van der Waals surface area (Å²) in [6.45, 7) is 2.03. The van der Waals surface area contributed by atoms with Gasteiger partial charge in [-0.25, -0.2) is 12.7 Å². The lowest BCUT2D eigenvalue weighted by atomic mass is 9.93. The highest BCUT2D eigenvalue weighted by Gasteiger charge is 2.59. The first-order valence-electron chi connectivity index (χ1n) is 6.64. The van der Waals surface area contributed by atoms with Crippen molar-refractivity contribution in [1.29, 1.82) is 0 Å². The van der Waals surface area contributed by atoms with Crippen molar-refractivity contribution in [3.05, 3.63) is 12.2 Å². The number of hydrogen-bond acceptors (Lipinski definition) is 3. The summed E-state index contributed by atoms with van der Waals surface area (Å²) in [6, 6.07) is 0. The van der Waals surface area contributed by atoms with Crippen LogP contribution in [0.25, 0.3) is 0 Å². The molecule has 19 heavy (non-hydrogen) atoms. The smallest absolute Gasteiger partial charge is 0.241 e. The third-order valence-corrected chi connectivity index (χ3v) is 6.99. The molecule has 0 aromatic rings. The zero-order chi connectivity index (χ0) is 13.8. The van der Waals surface area contributed by atoms with E-state index in [0.29, 0.717) is 12.5 Å². The minimum Gasteiger partial charge on any atom is -0.273 e. The number of terminal acetylenes is 1. The normalized spacial score (nSPS) is 39.1. The molecule has 0 unspecified atom stereocenters. The Hall–Kier alpha value is -1.28. The maximum atomic E-state index is 12.5. The molecule has 3 aliphatic rings. The van der Waals surface area contributed by atoms with Crippen LogP contribution in [-0.4, -0.2) is 30.4 Å². The number of nitrogens with zero attached hydrogens (tertiary/aromatic N) is 1. The molecule has 1 heterocycles. The van der Waals surface area contributed by atoms with E-state index >= 15 is 0 Å². The third kappa shape index (κ3) is 1.66. The van der Waals surface area contributed by atoms with E-state index in [1.165, 1.54) is 0 Å². The molecule has 102 valence electrons. The van der Waals surface area contributed by atoms with Gasteiger partial charge in [-0.05, 0) is 18.3 Å². The van der Waals surface area contributed by atoms with Gasteiger partial charge in [-0.2, -0.15) is 0 Å². The van der Waals surface area contributed by atoms with Crippen LogP contribution in [-0.2, 0) is 14.8 Å². The predicted octanol–water partition coefficient (Wildman–Crippen LogP) is 1.01. The number of sulfonamides is 1. The van der Waals surface area contributed by atoms with Crippen molar-refractivity contribution in [1.82, 2.24) is 4.31 Å². The monoisotopic (exact) mass is 279 g/mol. The van der Waals surface area contributed by atoms with Crippen LogP contribution in [0.1, 0.15) is 19.8 Å². The van der Waals surface area contributed by atoms with Gasteiger partial charge >= 0.3 is 0 Å². The van der Waals surface area contributed by atoms with Crippen LogP contribution in [0.2, 0.25) is 0 Å². The van der Waals surface area contributed by atoms with Crippen LogP contribution in [0.3, 0.4) is 0 Å². The van der Waals surface area contributed by atoms with Gasteiger partial charge in [-0.3, -0.25) is 4.79 Å². The Morgan fingerprint density at radius 1 is 1.47 bits per heavy atom. The summed E-state index contributed by atoms with van der Waals surface area (Å²) in [5.74, 6) is 2.16. The van der Waals surface area contributed by atoms with Crippen molar-refractivity contribution in [3.8, 4) is 12.3 Å². The van der Waals surface area contributed by atoms with Crippen molar-refractivity contribution < 1.29 is 13.2 Å². The lowest BCUT2D eigenvalue weighted by Crippen LogP contribution is -2.39. The Bertz CT molecular complexity index is 586. The predicted molar refractivity (Wildman–Crippen MR) is 71.3 cm³/mol. The number of rotatable bonds is 2. The first-order chi connectivity index (χ1) is 8.96. The molecule has 0 aromatic carbocycles. The highest BCUT2D eigenvalue weighted by molar-refractivity contribution is 7.90. The number of carbonyl (C=O) groups excluding carboxylic acids is 1. The van der Waals surface area contributed by atoms with Gasteiger partial charge in [0.1, 0.15) is 0 Å². The van der Waals surface area contributed by atoms with Gasteiger partial charge < -0.3 is 0 Å². The van der Waals surface area contributed by atoms with Gasteiger partial charge in [0.2, 0.25) is 15.9 Å². The second-order valence-corrected chi connectivity index (χ2v) is 7.82. The van der Waals surface area contributed by atoms with Crippen molar-refractivity contribution in [3.63, 3.8) is 0 Å². The minimum atomic E-state index is -3.49. The molecule has 2 bridgehead atoms. The number of amides is 1. The summed E-state index contributed by atoms with van der Waals surface area (Å²) >= 11 is 0. The Morgan fingerprint density at radius 2 is 2.16 bits per heavy atom. The molecule has 0 radical (unpaired) electrons. The number of hydrogen-bond donors (Lipinski definition) is 0. The third-order valence-electron chi connectivity index (χ3n) is 4.66. The Labute approximate surface area is 113 Å². The van der Waals surface area contributed by atoms with Gasteiger partial charge in [0.15, 0.2) is 0 Å².